The van der Waals surface area contributed by atoms with Gasteiger partial charge in [0.15, 0.2) is 0 Å². The summed E-state index contributed by atoms with van der Waals surface area (Å²) in [7, 11) is 0. The molecule has 0 aliphatic carbocycles. The zero-order valence-corrected chi connectivity index (χ0v) is 10.8. The molecule has 0 aromatic heterocycles. The monoisotopic (exact) mass is 213 g/mol. The SMILES string of the molecule is C=CCCCOC(CC)CNC(C)(C)C. The molecule has 0 heterocycles. The lowest BCUT2D eigenvalue weighted by atomic mass is 10.1. The molecule has 0 amide bonds. The summed E-state index contributed by atoms with van der Waals surface area (Å²) in [6.07, 6.45) is 5.47. The molecule has 0 aromatic carbocycles. The van der Waals surface area contributed by atoms with Crippen molar-refractivity contribution in [1.29, 1.82) is 0 Å². The Hall–Kier alpha value is -0.340. The average molecular weight is 213 g/mol. The highest BCUT2D eigenvalue weighted by Crippen LogP contribution is 2.03. The average Bonchev–Trinajstić information content (AvgIpc) is 2.15. The molecule has 0 aliphatic heterocycles. The second kappa shape index (κ2) is 7.89. The first-order chi connectivity index (χ1) is 6.99. The summed E-state index contributed by atoms with van der Waals surface area (Å²) in [5, 5.41) is 3.47. The van der Waals surface area contributed by atoms with Gasteiger partial charge in [-0.2, -0.15) is 0 Å². The van der Waals surface area contributed by atoms with Gasteiger partial charge >= 0.3 is 0 Å². The molecule has 0 saturated heterocycles. The van der Waals surface area contributed by atoms with Crippen LogP contribution in [0.4, 0.5) is 0 Å². The summed E-state index contributed by atoms with van der Waals surface area (Å²) in [5.74, 6) is 0. The van der Waals surface area contributed by atoms with Crippen LogP contribution in [-0.4, -0.2) is 24.8 Å². The Balaban J connectivity index is 3.59. The third kappa shape index (κ3) is 9.95. The van der Waals surface area contributed by atoms with Crippen LogP contribution < -0.4 is 5.32 Å². The van der Waals surface area contributed by atoms with Crippen molar-refractivity contribution >= 4 is 0 Å². The van der Waals surface area contributed by atoms with Gasteiger partial charge in [0.05, 0.1) is 6.10 Å². The van der Waals surface area contributed by atoms with Crippen LogP contribution in [0.5, 0.6) is 0 Å². The lowest BCUT2D eigenvalue weighted by Crippen LogP contribution is -2.41. The van der Waals surface area contributed by atoms with E-state index in [1.165, 1.54) is 0 Å². The number of hydrogen-bond acceptors (Lipinski definition) is 2. The van der Waals surface area contributed by atoms with Gasteiger partial charge in [-0.25, -0.2) is 0 Å². The minimum Gasteiger partial charge on any atom is -0.377 e. The van der Waals surface area contributed by atoms with Crippen LogP contribution >= 0.6 is 0 Å². The first-order valence-electron chi connectivity index (χ1n) is 5.97. The van der Waals surface area contributed by atoms with E-state index >= 15 is 0 Å². The molecule has 0 bridgehead atoms. The van der Waals surface area contributed by atoms with Crippen LogP contribution in [0.25, 0.3) is 0 Å². The maximum atomic E-state index is 5.78. The highest BCUT2D eigenvalue weighted by atomic mass is 16.5. The maximum Gasteiger partial charge on any atom is 0.0697 e. The predicted molar refractivity (Wildman–Crippen MR) is 67.2 cm³/mol. The molecule has 0 saturated carbocycles. The third-order valence-corrected chi connectivity index (χ3v) is 2.22. The molecule has 15 heavy (non-hydrogen) atoms. The lowest BCUT2D eigenvalue weighted by Gasteiger charge is -2.24. The highest BCUT2D eigenvalue weighted by molar-refractivity contribution is 4.73. The van der Waals surface area contributed by atoms with Crippen molar-refractivity contribution in [2.24, 2.45) is 0 Å². The normalized spacial score (nSPS) is 13.9. The fourth-order valence-electron chi connectivity index (χ4n) is 1.22. The van der Waals surface area contributed by atoms with Gasteiger partial charge in [-0.15, -0.1) is 6.58 Å². The van der Waals surface area contributed by atoms with Crippen LogP contribution in [0.3, 0.4) is 0 Å². The summed E-state index contributed by atoms with van der Waals surface area (Å²) < 4.78 is 5.78. The van der Waals surface area contributed by atoms with Crippen LogP contribution in [0.2, 0.25) is 0 Å². The number of hydrogen-bond donors (Lipinski definition) is 1. The van der Waals surface area contributed by atoms with Crippen LogP contribution in [0.1, 0.15) is 47.0 Å². The van der Waals surface area contributed by atoms with Gasteiger partial charge in [-0.3, -0.25) is 0 Å². The zero-order chi connectivity index (χ0) is 11.7. The molecule has 2 heteroatoms. The van der Waals surface area contributed by atoms with Gasteiger partial charge in [-0.05, 0) is 40.0 Å². The first-order valence-corrected chi connectivity index (χ1v) is 5.97. The van der Waals surface area contributed by atoms with Gasteiger partial charge in [0, 0.05) is 18.7 Å². The molecule has 0 rings (SSSR count). The van der Waals surface area contributed by atoms with Gasteiger partial charge in [0.2, 0.25) is 0 Å². The van der Waals surface area contributed by atoms with E-state index in [0.717, 1.165) is 32.4 Å². The van der Waals surface area contributed by atoms with Crippen molar-refractivity contribution in [3.63, 3.8) is 0 Å². The number of allylic oxidation sites excluding steroid dienone is 1. The smallest absolute Gasteiger partial charge is 0.0697 e. The number of unbranched alkanes of at least 4 members (excludes halogenated alkanes) is 1. The summed E-state index contributed by atoms with van der Waals surface area (Å²) in [6.45, 7) is 14.2. The van der Waals surface area contributed by atoms with Gasteiger partial charge < -0.3 is 10.1 Å². The molecule has 1 unspecified atom stereocenters. The van der Waals surface area contributed by atoms with Gasteiger partial charge in [0.25, 0.3) is 0 Å². The molecule has 2 nitrogen and oxygen atoms in total. The fraction of sp³-hybridized carbons (Fsp3) is 0.846. The lowest BCUT2D eigenvalue weighted by molar-refractivity contribution is 0.0455. The van der Waals surface area contributed by atoms with Crippen molar-refractivity contribution in [2.75, 3.05) is 13.2 Å². The molecule has 1 atom stereocenters. The zero-order valence-electron chi connectivity index (χ0n) is 10.8. The Kier molecular flexibility index (Phi) is 7.71. The maximum absolute atomic E-state index is 5.78. The second-order valence-electron chi connectivity index (χ2n) is 4.96. The van der Waals surface area contributed by atoms with Crippen molar-refractivity contribution in [3.05, 3.63) is 12.7 Å². The van der Waals surface area contributed by atoms with Crippen LogP contribution in [0, 0.1) is 0 Å². The standard InChI is InChI=1S/C13H27NO/c1-6-8-9-10-15-12(7-2)11-14-13(3,4)5/h6,12,14H,1,7-11H2,2-5H3. The van der Waals surface area contributed by atoms with E-state index in [1.54, 1.807) is 0 Å². The second-order valence-corrected chi connectivity index (χ2v) is 4.96. The van der Waals surface area contributed by atoms with Gasteiger partial charge in [-0.1, -0.05) is 13.0 Å². The van der Waals surface area contributed by atoms with E-state index in [2.05, 4.69) is 39.6 Å². The number of ether oxygens (including phenoxy) is 1. The first kappa shape index (κ1) is 14.7. The van der Waals surface area contributed by atoms with Crippen molar-refractivity contribution < 1.29 is 4.74 Å². The van der Waals surface area contributed by atoms with E-state index in [-0.39, 0.29) is 5.54 Å². The fourth-order valence-corrected chi connectivity index (χ4v) is 1.22. The summed E-state index contributed by atoms with van der Waals surface area (Å²) in [5.41, 5.74) is 0.178. The predicted octanol–water partition coefficient (Wildman–Crippen LogP) is 3.14. The topological polar surface area (TPSA) is 21.3 Å². The van der Waals surface area contributed by atoms with E-state index in [9.17, 15) is 0 Å². The Morgan fingerprint density at radius 2 is 2.07 bits per heavy atom. The molecular formula is C13H27NO. The van der Waals surface area contributed by atoms with E-state index in [0.29, 0.717) is 6.10 Å². The van der Waals surface area contributed by atoms with Crippen LogP contribution in [0.15, 0.2) is 12.7 Å². The van der Waals surface area contributed by atoms with Crippen molar-refractivity contribution in [1.82, 2.24) is 5.32 Å². The Morgan fingerprint density at radius 3 is 2.53 bits per heavy atom. The summed E-state index contributed by atoms with van der Waals surface area (Å²) in [4.78, 5) is 0. The Morgan fingerprint density at radius 1 is 1.40 bits per heavy atom. The minimum atomic E-state index is 0.178. The van der Waals surface area contributed by atoms with E-state index in [4.69, 9.17) is 4.74 Å². The Bertz CT molecular complexity index is 160. The van der Waals surface area contributed by atoms with Crippen molar-refractivity contribution in [2.45, 2.75) is 58.6 Å². The highest BCUT2D eigenvalue weighted by Gasteiger charge is 2.12. The van der Waals surface area contributed by atoms with E-state index in [1.807, 2.05) is 6.08 Å². The molecule has 0 aromatic rings. The van der Waals surface area contributed by atoms with E-state index < -0.39 is 0 Å². The number of nitrogens with one attached hydrogen (secondary N) is 1. The quantitative estimate of drug-likeness (QED) is 0.494. The molecule has 0 aliphatic rings. The van der Waals surface area contributed by atoms with Gasteiger partial charge in [0.1, 0.15) is 0 Å². The molecular weight excluding hydrogens is 186 g/mol. The molecule has 0 fully saturated rings. The molecule has 0 spiro atoms. The molecule has 0 radical (unpaired) electrons. The van der Waals surface area contributed by atoms with Crippen LogP contribution in [-0.2, 0) is 4.74 Å². The Labute approximate surface area is 95.1 Å². The number of rotatable bonds is 8. The van der Waals surface area contributed by atoms with Crippen molar-refractivity contribution in [3.8, 4) is 0 Å². The molecule has 1 N–H and O–H groups in total. The molecule has 90 valence electrons. The summed E-state index contributed by atoms with van der Waals surface area (Å²) >= 11 is 0. The largest absolute Gasteiger partial charge is 0.377 e. The summed E-state index contributed by atoms with van der Waals surface area (Å²) in [6, 6.07) is 0. The minimum absolute atomic E-state index is 0.178. The third-order valence-electron chi connectivity index (χ3n) is 2.22.